The third kappa shape index (κ3) is 2.98. The van der Waals surface area contributed by atoms with E-state index in [1.807, 2.05) is 4.90 Å². The van der Waals surface area contributed by atoms with E-state index in [1.54, 1.807) is 11.4 Å². The standard InChI is InChI=1S/C10H15N3O2S2/c11-10(13-6-2-1-3-7-13)12-17(14,15)9-5-4-8-16-9/h4-5,8H,1-3,6-7H2,(H2,11,12). The molecule has 5 nitrogen and oxygen atoms in total. The number of hydrogen-bond acceptors (Lipinski definition) is 3. The summed E-state index contributed by atoms with van der Waals surface area (Å²) in [7, 11) is -3.63. The molecule has 1 aromatic heterocycles. The molecule has 94 valence electrons. The van der Waals surface area contributed by atoms with Gasteiger partial charge in [-0.05, 0) is 30.7 Å². The minimum Gasteiger partial charge on any atom is -0.369 e. The van der Waals surface area contributed by atoms with Crippen molar-refractivity contribution in [3.63, 3.8) is 0 Å². The number of hydrogen-bond donors (Lipinski definition) is 1. The first-order valence-corrected chi connectivity index (χ1v) is 7.80. The second kappa shape index (κ2) is 5.05. The third-order valence-electron chi connectivity index (χ3n) is 2.64. The Hall–Kier alpha value is -1.08. The lowest BCUT2D eigenvalue weighted by Crippen LogP contribution is -2.41. The summed E-state index contributed by atoms with van der Waals surface area (Å²) >= 11 is 1.15. The number of nitrogens with two attached hydrogens (primary N) is 1. The van der Waals surface area contributed by atoms with Crippen molar-refractivity contribution >= 4 is 27.3 Å². The van der Waals surface area contributed by atoms with Crippen LogP contribution in [0.5, 0.6) is 0 Å². The molecule has 0 atom stereocenters. The molecular weight excluding hydrogens is 258 g/mol. The molecule has 1 saturated heterocycles. The van der Waals surface area contributed by atoms with E-state index in [4.69, 9.17) is 5.73 Å². The number of piperidine rings is 1. The van der Waals surface area contributed by atoms with Crippen LogP contribution in [0.1, 0.15) is 19.3 Å². The van der Waals surface area contributed by atoms with Crippen molar-refractivity contribution in [3.05, 3.63) is 17.5 Å². The Kier molecular flexibility index (Phi) is 3.68. The molecule has 2 heterocycles. The van der Waals surface area contributed by atoms with E-state index >= 15 is 0 Å². The Bertz CT molecular complexity index is 488. The van der Waals surface area contributed by atoms with Gasteiger partial charge in [0.15, 0.2) is 0 Å². The molecule has 0 amide bonds. The lowest BCUT2D eigenvalue weighted by Gasteiger charge is -2.27. The number of rotatable bonds is 2. The van der Waals surface area contributed by atoms with Crippen molar-refractivity contribution in [1.82, 2.24) is 4.90 Å². The monoisotopic (exact) mass is 273 g/mol. The number of thiophene rings is 1. The average molecular weight is 273 g/mol. The highest BCUT2D eigenvalue weighted by molar-refractivity contribution is 7.92. The molecule has 2 rings (SSSR count). The van der Waals surface area contributed by atoms with Crippen LogP contribution >= 0.6 is 11.3 Å². The van der Waals surface area contributed by atoms with Crippen LogP contribution < -0.4 is 5.73 Å². The van der Waals surface area contributed by atoms with E-state index in [0.29, 0.717) is 0 Å². The molecule has 1 aliphatic rings. The van der Waals surface area contributed by atoms with E-state index in [9.17, 15) is 8.42 Å². The van der Waals surface area contributed by atoms with E-state index in [1.165, 1.54) is 12.5 Å². The van der Waals surface area contributed by atoms with E-state index in [0.717, 1.165) is 37.3 Å². The summed E-state index contributed by atoms with van der Waals surface area (Å²) < 4.78 is 27.6. The van der Waals surface area contributed by atoms with Crippen LogP contribution in [-0.2, 0) is 10.0 Å². The second-order valence-electron chi connectivity index (χ2n) is 3.90. The number of sulfonamides is 1. The van der Waals surface area contributed by atoms with Gasteiger partial charge in [-0.2, -0.15) is 8.42 Å². The van der Waals surface area contributed by atoms with Crippen LogP contribution in [0.2, 0.25) is 0 Å². The van der Waals surface area contributed by atoms with Crippen LogP contribution in [0.25, 0.3) is 0 Å². The largest absolute Gasteiger partial charge is 0.369 e. The van der Waals surface area contributed by atoms with Crippen LogP contribution in [0.3, 0.4) is 0 Å². The minimum atomic E-state index is -3.63. The molecule has 0 aromatic carbocycles. The predicted molar refractivity (Wildman–Crippen MR) is 68.6 cm³/mol. The van der Waals surface area contributed by atoms with Gasteiger partial charge in [-0.25, -0.2) is 0 Å². The van der Waals surface area contributed by atoms with Crippen molar-refractivity contribution in [2.45, 2.75) is 23.5 Å². The van der Waals surface area contributed by atoms with Gasteiger partial charge in [0, 0.05) is 13.1 Å². The fourth-order valence-electron chi connectivity index (χ4n) is 1.76. The Morgan fingerprint density at radius 2 is 2.06 bits per heavy atom. The summed E-state index contributed by atoms with van der Waals surface area (Å²) in [6.45, 7) is 1.57. The lowest BCUT2D eigenvalue weighted by atomic mass is 10.1. The van der Waals surface area contributed by atoms with Gasteiger partial charge in [0.25, 0.3) is 10.0 Å². The first kappa shape index (κ1) is 12.4. The summed E-state index contributed by atoms with van der Waals surface area (Å²) in [4.78, 5) is 1.83. The molecule has 1 fully saturated rings. The molecule has 2 N–H and O–H groups in total. The topological polar surface area (TPSA) is 75.8 Å². The first-order valence-electron chi connectivity index (χ1n) is 5.48. The van der Waals surface area contributed by atoms with Crippen molar-refractivity contribution in [2.24, 2.45) is 10.1 Å². The van der Waals surface area contributed by atoms with Gasteiger partial charge in [-0.1, -0.05) is 6.07 Å². The second-order valence-corrected chi connectivity index (χ2v) is 6.68. The normalized spacial score (nSPS) is 18.4. The molecule has 0 bridgehead atoms. The molecule has 0 unspecified atom stereocenters. The van der Waals surface area contributed by atoms with Crippen LogP contribution in [0.4, 0.5) is 0 Å². The Morgan fingerprint density at radius 1 is 1.35 bits per heavy atom. The summed E-state index contributed by atoms with van der Waals surface area (Å²) in [6, 6.07) is 3.22. The molecule has 0 aliphatic carbocycles. The Morgan fingerprint density at radius 3 is 2.65 bits per heavy atom. The summed E-state index contributed by atoms with van der Waals surface area (Å²) in [5.74, 6) is 0.109. The zero-order chi connectivity index (χ0) is 12.3. The van der Waals surface area contributed by atoms with E-state index in [-0.39, 0.29) is 10.2 Å². The minimum absolute atomic E-state index is 0.109. The zero-order valence-electron chi connectivity index (χ0n) is 9.37. The van der Waals surface area contributed by atoms with Gasteiger partial charge in [-0.15, -0.1) is 15.7 Å². The maximum Gasteiger partial charge on any atom is 0.295 e. The molecule has 17 heavy (non-hydrogen) atoms. The molecule has 1 aliphatic heterocycles. The average Bonchev–Trinajstić information content (AvgIpc) is 2.84. The van der Waals surface area contributed by atoms with Crippen molar-refractivity contribution < 1.29 is 8.42 Å². The van der Waals surface area contributed by atoms with Crippen molar-refractivity contribution in [3.8, 4) is 0 Å². The third-order valence-corrected chi connectivity index (χ3v) is 5.30. The zero-order valence-corrected chi connectivity index (χ0v) is 11.0. The maximum atomic E-state index is 11.9. The van der Waals surface area contributed by atoms with Gasteiger partial charge in [0.2, 0.25) is 5.96 Å². The fourth-order valence-corrected chi connectivity index (χ4v) is 3.67. The van der Waals surface area contributed by atoms with Crippen molar-refractivity contribution in [1.29, 1.82) is 0 Å². The number of likely N-dealkylation sites (tertiary alicyclic amines) is 1. The highest BCUT2D eigenvalue weighted by atomic mass is 32.2. The summed E-state index contributed by atoms with van der Waals surface area (Å²) in [6.07, 6.45) is 3.24. The molecule has 0 radical (unpaired) electrons. The van der Waals surface area contributed by atoms with Crippen LogP contribution in [-0.4, -0.2) is 32.4 Å². The molecule has 0 spiro atoms. The van der Waals surface area contributed by atoms with Crippen molar-refractivity contribution in [2.75, 3.05) is 13.1 Å². The number of guanidine groups is 1. The van der Waals surface area contributed by atoms with Crippen LogP contribution in [0.15, 0.2) is 26.1 Å². The Balaban J connectivity index is 2.18. The predicted octanol–water partition coefficient (Wildman–Crippen LogP) is 1.24. The van der Waals surface area contributed by atoms with E-state index in [2.05, 4.69) is 4.40 Å². The molecule has 1 aromatic rings. The smallest absolute Gasteiger partial charge is 0.295 e. The van der Waals surface area contributed by atoms with Gasteiger partial charge in [-0.3, -0.25) is 0 Å². The molecular formula is C10H15N3O2S2. The van der Waals surface area contributed by atoms with E-state index < -0.39 is 10.0 Å². The molecule has 7 heteroatoms. The SMILES string of the molecule is NC(=NS(=O)(=O)c1cccs1)N1CCCCC1. The fraction of sp³-hybridized carbons (Fsp3) is 0.500. The lowest BCUT2D eigenvalue weighted by molar-refractivity contribution is 0.339. The molecule has 0 saturated carbocycles. The summed E-state index contributed by atoms with van der Waals surface area (Å²) in [5.41, 5.74) is 5.74. The van der Waals surface area contributed by atoms with Gasteiger partial charge < -0.3 is 10.6 Å². The highest BCUT2D eigenvalue weighted by Gasteiger charge is 2.18. The van der Waals surface area contributed by atoms with Gasteiger partial charge in [0.1, 0.15) is 4.21 Å². The Labute approximate surface area is 105 Å². The first-order chi connectivity index (χ1) is 8.09. The van der Waals surface area contributed by atoms with Gasteiger partial charge >= 0.3 is 0 Å². The maximum absolute atomic E-state index is 11.9. The quantitative estimate of drug-likeness (QED) is 0.649. The number of nitrogens with zero attached hydrogens (tertiary/aromatic N) is 2. The summed E-state index contributed by atoms with van der Waals surface area (Å²) in [5, 5.41) is 1.71. The van der Waals surface area contributed by atoms with Crippen LogP contribution in [0, 0.1) is 0 Å². The van der Waals surface area contributed by atoms with Gasteiger partial charge in [0.05, 0.1) is 0 Å². The highest BCUT2D eigenvalue weighted by Crippen LogP contribution is 2.18.